The van der Waals surface area contributed by atoms with E-state index in [9.17, 15) is 4.91 Å². The van der Waals surface area contributed by atoms with Crippen molar-refractivity contribution in [3.8, 4) is 0 Å². The standard InChI is InChI=1S/C10H17NO/c12-11-10-6-5-8-3-1-2-4-9(8)7-10/h8-10H,1-7H2/t8-,9?,10?/m0/s1. The minimum atomic E-state index is 0.157. The lowest BCUT2D eigenvalue weighted by atomic mass is 9.69. The molecule has 2 aliphatic rings. The molecule has 2 aliphatic carbocycles. The normalized spacial score (nSPS) is 41.8. The Balaban J connectivity index is 1.93. The van der Waals surface area contributed by atoms with E-state index in [1.807, 2.05) is 0 Å². The van der Waals surface area contributed by atoms with Gasteiger partial charge in [-0.25, -0.2) is 0 Å². The Kier molecular flexibility index (Phi) is 2.43. The topological polar surface area (TPSA) is 29.4 Å². The molecule has 0 N–H and O–H groups in total. The average molecular weight is 167 g/mol. The van der Waals surface area contributed by atoms with E-state index < -0.39 is 0 Å². The van der Waals surface area contributed by atoms with Crippen LogP contribution in [0.5, 0.6) is 0 Å². The highest BCUT2D eigenvalue weighted by atomic mass is 16.3. The van der Waals surface area contributed by atoms with Crippen LogP contribution in [0.4, 0.5) is 0 Å². The summed E-state index contributed by atoms with van der Waals surface area (Å²) in [4.78, 5) is 10.4. The maximum absolute atomic E-state index is 10.4. The molecule has 0 aromatic rings. The van der Waals surface area contributed by atoms with Crippen molar-refractivity contribution < 1.29 is 0 Å². The highest BCUT2D eigenvalue weighted by Gasteiger charge is 2.32. The minimum Gasteiger partial charge on any atom is -0.151 e. The zero-order valence-electron chi connectivity index (χ0n) is 7.54. The monoisotopic (exact) mass is 167 g/mol. The summed E-state index contributed by atoms with van der Waals surface area (Å²) in [7, 11) is 0. The van der Waals surface area contributed by atoms with Gasteiger partial charge in [0.1, 0.15) is 0 Å². The molecule has 0 saturated heterocycles. The molecule has 68 valence electrons. The number of hydrogen-bond donors (Lipinski definition) is 0. The summed E-state index contributed by atoms with van der Waals surface area (Å²) >= 11 is 0. The molecule has 0 aromatic heterocycles. The van der Waals surface area contributed by atoms with Crippen molar-refractivity contribution in [2.45, 2.75) is 51.0 Å². The van der Waals surface area contributed by atoms with Crippen LogP contribution in [0.2, 0.25) is 0 Å². The number of fused-ring (bicyclic) bond motifs is 1. The third-order valence-corrected chi connectivity index (χ3v) is 3.66. The second-order valence-corrected chi connectivity index (χ2v) is 4.38. The predicted molar refractivity (Wildman–Crippen MR) is 48.9 cm³/mol. The predicted octanol–water partition coefficient (Wildman–Crippen LogP) is 3.11. The molecule has 2 rings (SSSR count). The summed E-state index contributed by atoms with van der Waals surface area (Å²) in [5.41, 5.74) is 0. The van der Waals surface area contributed by atoms with Gasteiger partial charge >= 0.3 is 0 Å². The fourth-order valence-corrected chi connectivity index (χ4v) is 2.94. The lowest BCUT2D eigenvalue weighted by Gasteiger charge is -2.37. The quantitative estimate of drug-likeness (QED) is 0.552. The fourth-order valence-electron chi connectivity index (χ4n) is 2.94. The molecule has 3 atom stereocenters. The molecule has 2 fully saturated rings. The molecule has 2 heteroatoms. The molecular weight excluding hydrogens is 150 g/mol. The van der Waals surface area contributed by atoms with Gasteiger partial charge in [0.15, 0.2) is 0 Å². The first kappa shape index (κ1) is 8.21. The second kappa shape index (κ2) is 3.55. The van der Waals surface area contributed by atoms with Gasteiger partial charge in [-0.2, -0.15) is 4.91 Å². The molecule has 2 saturated carbocycles. The van der Waals surface area contributed by atoms with Crippen LogP contribution in [-0.4, -0.2) is 6.04 Å². The van der Waals surface area contributed by atoms with Crippen LogP contribution in [0.15, 0.2) is 5.18 Å². The Morgan fingerprint density at radius 3 is 2.42 bits per heavy atom. The van der Waals surface area contributed by atoms with Gasteiger partial charge in [0, 0.05) is 0 Å². The molecule has 0 bridgehead atoms. The zero-order chi connectivity index (χ0) is 8.39. The van der Waals surface area contributed by atoms with Crippen molar-refractivity contribution in [3.05, 3.63) is 4.91 Å². The summed E-state index contributed by atoms with van der Waals surface area (Å²) in [6.07, 6.45) is 8.99. The van der Waals surface area contributed by atoms with Crippen molar-refractivity contribution in [1.29, 1.82) is 0 Å². The SMILES string of the molecule is O=NC1CC[C@@H]2CCCCC2C1. The summed E-state index contributed by atoms with van der Waals surface area (Å²) in [5, 5.41) is 3.19. The first-order valence-electron chi connectivity index (χ1n) is 5.22. The molecule has 0 spiro atoms. The molecule has 2 nitrogen and oxygen atoms in total. The van der Waals surface area contributed by atoms with Gasteiger partial charge in [0.25, 0.3) is 0 Å². The molecule has 2 unspecified atom stereocenters. The van der Waals surface area contributed by atoms with Crippen LogP contribution in [0.25, 0.3) is 0 Å². The average Bonchev–Trinajstić information content (AvgIpc) is 2.17. The third kappa shape index (κ3) is 1.52. The van der Waals surface area contributed by atoms with E-state index in [4.69, 9.17) is 0 Å². The first-order valence-corrected chi connectivity index (χ1v) is 5.22. The van der Waals surface area contributed by atoms with Crippen molar-refractivity contribution in [2.75, 3.05) is 0 Å². The van der Waals surface area contributed by atoms with Crippen molar-refractivity contribution in [2.24, 2.45) is 17.0 Å². The van der Waals surface area contributed by atoms with Crippen LogP contribution in [0.3, 0.4) is 0 Å². The molecule has 0 radical (unpaired) electrons. The van der Waals surface area contributed by atoms with E-state index in [1.165, 1.54) is 32.1 Å². The molecule has 0 aliphatic heterocycles. The van der Waals surface area contributed by atoms with Crippen LogP contribution < -0.4 is 0 Å². The van der Waals surface area contributed by atoms with E-state index in [-0.39, 0.29) is 6.04 Å². The van der Waals surface area contributed by atoms with E-state index >= 15 is 0 Å². The smallest absolute Gasteiger partial charge is 0.0922 e. The fraction of sp³-hybridized carbons (Fsp3) is 1.00. The molecule has 0 heterocycles. The highest BCUT2D eigenvalue weighted by Crippen LogP contribution is 2.41. The third-order valence-electron chi connectivity index (χ3n) is 3.66. The van der Waals surface area contributed by atoms with Crippen molar-refractivity contribution in [3.63, 3.8) is 0 Å². The molecule has 12 heavy (non-hydrogen) atoms. The van der Waals surface area contributed by atoms with Gasteiger partial charge in [-0.15, -0.1) is 0 Å². The highest BCUT2D eigenvalue weighted by molar-refractivity contribution is 4.85. The lowest BCUT2D eigenvalue weighted by Crippen LogP contribution is -2.29. The Morgan fingerprint density at radius 1 is 0.917 bits per heavy atom. The maximum Gasteiger partial charge on any atom is 0.0922 e. The van der Waals surface area contributed by atoms with Crippen molar-refractivity contribution in [1.82, 2.24) is 0 Å². The maximum atomic E-state index is 10.4. The van der Waals surface area contributed by atoms with Crippen LogP contribution >= 0.6 is 0 Å². The largest absolute Gasteiger partial charge is 0.151 e. The van der Waals surface area contributed by atoms with Crippen molar-refractivity contribution >= 4 is 0 Å². The van der Waals surface area contributed by atoms with E-state index in [2.05, 4.69) is 5.18 Å². The van der Waals surface area contributed by atoms with Crippen LogP contribution in [0.1, 0.15) is 44.9 Å². The number of nitroso groups, excluding NO2 is 1. The second-order valence-electron chi connectivity index (χ2n) is 4.38. The number of nitrogens with zero attached hydrogens (tertiary/aromatic N) is 1. The number of rotatable bonds is 1. The Labute approximate surface area is 73.7 Å². The van der Waals surface area contributed by atoms with E-state index in [1.54, 1.807) is 0 Å². The minimum absolute atomic E-state index is 0.157. The zero-order valence-corrected chi connectivity index (χ0v) is 7.54. The summed E-state index contributed by atoms with van der Waals surface area (Å²) < 4.78 is 0. The Hall–Kier alpha value is -0.400. The lowest BCUT2D eigenvalue weighted by molar-refractivity contribution is 0.157. The summed E-state index contributed by atoms with van der Waals surface area (Å²) in [5.74, 6) is 1.78. The summed E-state index contributed by atoms with van der Waals surface area (Å²) in [6.45, 7) is 0. The summed E-state index contributed by atoms with van der Waals surface area (Å²) in [6, 6.07) is 0.157. The number of hydrogen-bond acceptors (Lipinski definition) is 2. The van der Waals surface area contributed by atoms with Gasteiger partial charge in [-0.05, 0) is 31.1 Å². The Morgan fingerprint density at radius 2 is 1.67 bits per heavy atom. The van der Waals surface area contributed by atoms with Crippen LogP contribution in [-0.2, 0) is 0 Å². The van der Waals surface area contributed by atoms with E-state index in [0.29, 0.717) is 0 Å². The van der Waals surface area contributed by atoms with Crippen LogP contribution in [0, 0.1) is 16.7 Å². The first-order chi connectivity index (χ1) is 5.90. The molecule has 0 amide bonds. The van der Waals surface area contributed by atoms with Gasteiger partial charge in [0.2, 0.25) is 0 Å². The van der Waals surface area contributed by atoms with Gasteiger partial charge in [-0.1, -0.05) is 30.9 Å². The van der Waals surface area contributed by atoms with Gasteiger partial charge in [0.05, 0.1) is 6.04 Å². The van der Waals surface area contributed by atoms with E-state index in [0.717, 1.165) is 24.7 Å². The molecular formula is C10H17NO. The Bertz CT molecular complexity index is 169. The van der Waals surface area contributed by atoms with Gasteiger partial charge in [-0.3, -0.25) is 0 Å². The molecule has 0 aromatic carbocycles. The van der Waals surface area contributed by atoms with Gasteiger partial charge < -0.3 is 0 Å².